The van der Waals surface area contributed by atoms with Crippen LogP contribution in [0.5, 0.6) is 0 Å². The van der Waals surface area contributed by atoms with E-state index in [4.69, 9.17) is 4.98 Å². The molecular formula is C23H30N6O. The van der Waals surface area contributed by atoms with E-state index in [-0.39, 0.29) is 11.8 Å². The van der Waals surface area contributed by atoms with Crippen molar-refractivity contribution in [3.05, 3.63) is 48.5 Å². The van der Waals surface area contributed by atoms with Gasteiger partial charge in [0.25, 0.3) is 0 Å². The molecule has 0 radical (unpaired) electrons. The van der Waals surface area contributed by atoms with Crippen molar-refractivity contribution in [1.82, 2.24) is 24.8 Å². The van der Waals surface area contributed by atoms with Crippen LogP contribution < -0.4 is 10.2 Å². The van der Waals surface area contributed by atoms with Gasteiger partial charge in [-0.2, -0.15) is 0 Å². The molecule has 1 saturated heterocycles. The van der Waals surface area contributed by atoms with E-state index in [1.54, 1.807) is 12.4 Å². The fourth-order valence-electron chi connectivity index (χ4n) is 4.28. The fourth-order valence-corrected chi connectivity index (χ4v) is 4.28. The summed E-state index contributed by atoms with van der Waals surface area (Å²) in [6.45, 7) is 6.62. The number of piperidine rings is 1. The second-order valence-corrected chi connectivity index (χ2v) is 8.21. The Hall–Kier alpha value is -2.96. The molecule has 7 nitrogen and oxygen atoms in total. The van der Waals surface area contributed by atoms with Crippen LogP contribution in [0, 0.1) is 5.92 Å². The van der Waals surface area contributed by atoms with Gasteiger partial charge in [0.05, 0.1) is 17.0 Å². The van der Waals surface area contributed by atoms with Gasteiger partial charge >= 0.3 is 0 Å². The zero-order chi connectivity index (χ0) is 20.9. The lowest BCUT2D eigenvalue weighted by atomic mass is 9.97. The number of fused-ring (bicyclic) bond motifs is 1. The molecule has 0 bridgehead atoms. The van der Waals surface area contributed by atoms with Crippen molar-refractivity contribution in [3.63, 3.8) is 0 Å². The van der Waals surface area contributed by atoms with Gasteiger partial charge in [0.15, 0.2) is 0 Å². The summed E-state index contributed by atoms with van der Waals surface area (Å²) in [4.78, 5) is 28.3. The fraction of sp³-hybridized carbons (Fsp3) is 0.478. The predicted molar refractivity (Wildman–Crippen MR) is 118 cm³/mol. The van der Waals surface area contributed by atoms with Crippen molar-refractivity contribution >= 4 is 22.9 Å². The summed E-state index contributed by atoms with van der Waals surface area (Å²) in [5, 5.41) is 3.13. The van der Waals surface area contributed by atoms with E-state index in [1.807, 2.05) is 12.1 Å². The molecule has 2 aromatic heterocycles. The highest BCUT2D eigenvalue weighted by atomic mass is 16.1. The molecule has 1 unspecified atom stereocenters. The van der Waals surface area contributed by atoms with Crippen molar-refractivity contribution in [2.24, 2.45) is 5.92 Å². The molecule has 1 fully saturated rings. The lowest BCUT2D eigenvalue weighted by molar-refractivity contribution is -0.125. The maximum atomic E-state index is 12.7. The van der Waals surface area contributed by atoms with Gasteiger partial charge in [-0.05, 0) is 51.3 Å². The normalized spacial score (nSPS) is 16.9. The monoisotopic (exact) mass is 406 g/mol. The van der Waals surface area contributed by atoms with E-state index in [0.717, 1.165) is 43.6 Å². The summed E-state index contributed by atoms with van der Waals surface area (Å²) in [5.74, 6) is 1.92. The third-order valence-corrected chi connectivity index (χ3v) is 5.69. The summed E-state index contributed by atoms with van der Waals surface area (Å²) >= 11 is 0. The van der Waals surface area contributed by atoms with Crippen LogP contribution in [0.3, 0.4) is 0 Å². The van der Waals surface area contributed by atoms with Crippen LogP contribution in [-0.2, 0) is 11.2 Å². The average molecular weight is 407 g/mol. The van der Waals surface area contributed by atoms with E-state index >= 15 is 0 Å². The smallest absolute Gasteiger partial charge is 0.225 e. The molecule has 7 heteroatoms. The molecule has 3 aromatic rings. The van der Waals surface area contributed by atoms with Crippen molar-refractivity contribution in [3.8, 4) is 0 Å². The van der Waals surface area contributed by atoms with Crippen LogP contribution in [0.15, 0.2) is 42.7 Å². The third-order valence-electron chi connectivity index (χ3n) is 5.69. The summed E-state index contributed by atoms with van der Waals surface area (Å²) in [6.07, 6.45) is 7.11. The second kappa shape index (κ2) is 9.24. The number of nitrogens with zero attached hydrogens (tertiary/aromatic N) is 5. The molecule has 1 N–H and O–H groups in total. The minimum absolute atomic E-state index is 0.0113. The number of aryl methyl sites for hydroxylation is 1. The van der Waals surface area contributed by atoms with E-state index < -0.39 is 0 Å². The first kappa shape index (κ1) is 20.3. The Kier molecular flexibility index (Phi) is 6.26. The number of rotatable bonds is 7. The molecule has 1 aromatic carbocycles. The van der Waals surface area contributed by atoms with Crippen LogP contribution in [-0.4, -0.2) is 45.1 Å². The van der Waals surface area contributed by atoms with Crippen molar-refractivity contribution in [2.75, 3.05) is 24.5 Å². The number of carbonyl (C=O) groups is 1. The van der Waals surface area contributed by atoms with Crippen LogP contribution in [0.1, 0.15) is 45.0 Å². The molecule has 1 atom stereocenters. The van der Waals surface area contributed by atoms with Gasteiger partial charge in [0.2, 0.25) is 11.9 Å². The molecule has 0 spiro atoms. The SMILES string of the molecule is CC(C)n1c(CCCNC(=O)C2CCCN(c3ncccn3)C2)nc2ccccc21. The van der Waals surface area contributed by atoms with Crippen molar-refractivity contribution < 1.29 is 4.79 Å². The quantitative estimate of drug-likeness (QED) is 0.609. The van der Waals surface area contributed by atoms with Crippen LogP contribution >= 0.6 is 0 Å². The highest BCUT2D eigenvalue weighted by Crippen LogP contribution is 2.22. The second-order valence-electron chi connectivity index (χ2n) is 8.21. The number of aromatic nitrogens is 4. The molecule has 1 aliphatic rings. The first-order valence-electron chi connectivity index (χ1n) is 10.9. The van der Waals surface area contributed by atoms with E-state index in [1.165, 1.54) is 5.52 Å². The van der Waals surface area contributed by atoms with Gasteiger partial charge in [-0.1, -0.05) is 12.1 Å². The maximum Gasteiger partial charge on any atom is 0.225 e. The Morgan fingerprint density at radius 2 is 2.00 bits per heavy atom. The van der Waals surface area contributed by atoms with E-state index in [2.05, 4.69) is 56.8 Å². The lowest BCUT2D eigenvalue weighted by Crippen LogP contribution is -2.44. The average Bonchev–Trinajstić information content (AvgIpc) is 3.16. The molecule has 0 saturated carbocycles. The van der Waals surface area contributed by atoms with Gasteiger partial charge in [-0.3, -0.25) is 4.79 Å². The molecular weight excluding hydrogens is 376 g/mol. The third kappa shape index (κ3) is 4.45. The number of carbonyl (C=O) groups excluding carboxylic acids is 1. The highest BCUT2D eigenvalue weighted by molar-refractivity contribution is 5.79. The largest absolute Gasteiger partial charge is 0.356 e. The molecule has 30 heavy (non-hydrogen) atoms. The Balaban J connectivity index is 1.30. The number of benzene rings is 1. The van der Waals surface area contributed by atoms with E-state index in [9.17, 15) is 4.79 Å². The molecule has 3 heterocycles. The number of anilines is 1. The molecule has 0 aliphatic carbocycles. The summed E-state index contributed by atoms with van der Waals surface area (Å²) in [6, 6.07) is 10.4. The van der Waals surface area contributed by atoms with Gasteiger partial charge in [0, 0.05) is 44.5 Å². The number of hydrogen-bond acceptors (Lipinski definition) is 5. The number of hydrogen-bond donors (Lipinski definition) is 1. The van der Waals surface area contributed by atoms with E-state index in [0.29, 0.717) is 25.1 Å². The lowest BCUT2D eigenvalue weighted by Gasteiger charge is -2.31. The summed E-state index contributed by atoms with van der Waals surface area (Å²) < 4.78 is 2.30. The summed E-state index contributed by atoms with van der Waals surface area (Å²) in [7, 11) is 0. The highest BCUT2D eigenvalue weighted by Gasteiger charge is 2.26. The standard InChI is InChI=1S/C23H30N6O/c1-17(2)29-20-10-4-3-9-19(20)27-21(29)11-5-12-24-22(30)18-8-6-15-28(16-18)23-25-13-7-14-26-23/h3-4,7,9-10,13-14,17-18H,5-6,8,11-12,15-16H2,1-2H3,(H,24,30). The van der Waals surface area contributed by atoms with Crippen molar-refractivity contribution in [1.29, 1.82) is 0 Å². The number of para-hydroxylation sites is 2. The van der Waals surface area contributed by atoms with Gasteiger partial charge < -0.3 is 14.8 Å². The zero-order valence-electron chi connectivity index (χ0n) is 17.8. The first-order chi connectivity index (χ1) is 14.6. The predicted octanol–water partition coefficient (Wildman–Crippen LogP) is 3.37. The first-order valence-corrected chi connectivity index (χ1v) is 10.9. The number of amides is 1. The van der Waals surface area contributed by atoms with Crippen LogP contribution in [0.25, 0.3) is 11.0 Å². The van der Waals surface area contributed by atoms with Crippen LogP contribution in [0.2, 0.25) is 0 Å². The molecule has 158 valence electrons. The Morgan fingerprint density at radius 1 is 1.20 bits per heavy atom. The number of imidazole rings is 1. The van der Waals surface area contributed by atoms with Gasteiger partial charge in [-0.25, -0.2) is 15.0 Å². The number of nitrogens with one attached hydrogen (secondary N) is 1. The maximum absolute atomic E-state index is 12.7. The Labute approximate surface area is 177 Å². The van der Waals surface area contributed by atoms with Crippen LogP contribution in [0.4, 0.5) is 5.95 Å². The Morgan fingerprint density at radius 3 is 2.80 bits per heavy atom. The zero-order valence-corrected chi connectivity index (χ0v) is 17.8. The summed E-state index contributed by atoms with van der Waals surface area (Å²) in [5.41, 5.74) is 2.22. The van der Waals surface area contributed by atoms with Crippen molar-refractivity contribution in [2.45, 2.75) is 45.6 Å². The molecule has 4 rings (SSSR count). The minimum atomic E-state index is -0.0113. The topological polar surface area (TPSA) is 75.9 Å². The Bertz CT molecular complexity index is 984. The molecule has 1 amide bonds. The minimum Gasteiger partial charge on any atom is -0.356 e. The molecule has 1 aliphatic heterocycles. The van der Waals surface area contributed by atoms with Gasteiger partial charge in [-0.15, -0.1) is 0 Å². The van der Waals surface area contributed by atoms with Gasteiger partial charge in [0.1, 0.15) is 5.82 Å².